The van der Waals surface area contributed by atoms with Crippen LogP contribution >= 0.6 is 11.8 Å². The van der Waals surface area contributed by atoms with Gasteiger partial charge in [0.2, 0.25) is 5.91 Å². The van der Waals surface area contributed by atoms with Crippen molar-refractivity contribution < 1.29 is 4.79 Å². The van der Waals surface area contributed by atoms with E-state index in [9.17, 15) is 4.79 Å². The van der Waals surface area contributed by atoms with Crippen LogP contribution in [0.4, 0.5) is 0 Å². The van der Waals surface area contributed by atoms with E-state index in [2.05, 4.69) is 62.6 Å². The summed E-state index contributed by atoms with van der Waals surface area (Å²) in [5, 5.41) is 6.56. The second-order valence-electron chi connectivity index (χ2n) is 7.21. The molecule has 1 aliphatic rings. The smallest absolute Gasteiger partial charge is 0.230 e. The predicted molar refractivity (Wildman–Crippen MR) is 94.5 cm³/mol. The maximum absolute atomic E-state index is 12.1. The van der Waals surface area contributed by atoms with Gasteiger partial charge in [-0.15, -0.1) is 11.8 Å². The Morgan fingerprint density at radius 1 is 1.32 bits per heavy atom. The molecular weight excluding hydrogens is 292 g/mol. The zero-order valence-electron chi connectivity index (χ0n) is 14.1. The van der Waals surface area contributed by atoms with Gasteiger partial charge in [-0.25, -0.2) is 0 Å². The number of thioether (sulfide) groups is 1. The van der Waals surface area contributed by atoms with E-state index in [1.807, 2.05) is 0 Å². The minimum Gasteiger partial charge on any atom is -0.353 e. The Labute approximate surface area is 138 Å². The molecule has 2 atom stereocenters. The van der Waals surface area contributed by atoms with E-state index in [1.54, 1.807) is 11.8 Å². The molecule has 4 heteroatoms. The van der Waals surface area contributed by atoms with Crippen molar-refractivity contribution in [3.05, 3.63) is 29.8 Å². The van der Waals surface area contributed by atoms with E-state index in [1.165, 1.54) is 5.56 Å². The first-order valence-electron chi connectivity index (χ1n) is 8.10. The molecule has 1 aromatic rings. The van der Waals surface area contributed by atoms with Crippen LogP contribution in [0, 0.1) is 0 Å². The Bertz CT molecular complexity index is 493. The third-order valence-corrected chi connectivity index (χ3v) is 5.09. The molecule has 3 nitrogen and oxygen atoms in total. The standard InChI is InChI=1S/C18H28N2OS/c1-13-11-15(9-10-19-13)20-17(21)12-22-16-7-5-14(6-8-16)18(2,3)4/h5-8,13,15,19H,9-12H2,1-4H3,(H,20,21). The van der Waals surface area contributed by atoms with Gasteiger partial charge in [-0.3, -0.25) is 4.79 Å². The fourth-order valence-corrected chi connectivity index (χ4v) is 3.44. The average molecular weight is 321 g/mol. The third-order valence-electron chi connectivity index (χ3n) is 4.08. The van der Waals surface area contributed by atoms with Crippen molar-refractivity contribution in [2.24, 2.45) is 0 Å². The van der Waals surface area contributed by atoms with Crippen molar-refractivity contribution in [1.29, 1.82) is 0 Å². The van der Waals surface area contributed by atoms with Gasteiger partial charge in [0.05, 0.1) is 5.75 Å². The highest BCUT2D eigenvalue weighted by molar-refractivity contribution is 8.00. The second-order valence-corrected chi connectivity index (χ2v) is 8.26. The van der Waals surface area contributed by atoms with Crippen LogP contribution in [0.5, 0.6) is 0 Å². The zero-order chi connectivity index (χ0) is 16.2. The molecule has 2 unspecified atom stereocenters. The van der Waals surface area contributed by atoms with Crippen LogP contribution in [0.25, 0.3) is 0 Å². The zero-order valence-corrected chi connectivity index (χ0v) is 14.9. The van der Waals surface area contributed by atoms with Gasteiger partial charge in [0.1, 0.15) is 0 Å². The normalized spacial score (nSPS) is 22.4. The lowest BCUT2D eigenvalue weighted by molar-refractivity contribution is -0.119. The molecule has 0 radical (unpaired) electrons. The molecule has 1 saturated heterocycles. The molecular formula is C18H28N2OS. The minimum atomic E-state index is 0.143. The van der Waals surface area contributed by atoms with Gasteiger partial charge in [0.25, 0.3) is 0 Å². The highest BCUT2D eigenvalue weighted by Crippen LogP contribution is 2.25. The largest absolute Gasteiger partial charge is 0.353 e. The lowest BCUT2D eigenvalue weighted by atomic mass is 9.87. The molecule has 1 aromatic carbocycles. The monoisotopic (exact) mass is 320 g/mol. The fourth-order valence-electron chi connectivity index (χ4n) is 2.73. The quantitative estimate of drug-likeness (QED) is 0.836. The summed E-state index contributed by atoms with van der Waals surface area (Å²) in [5.41, 5.74) is 1.50. The second kappa shape index (κ2) is 7.51. The molecule has 2 N–H and O–H groups in total. The molecule has 0 saturated carbocycles. The first-order chi connectivity index (χ1) is 10.3. The molecule has 22 heavy (non-hydrogen) atoms. The Morgan fingerprint density at radius 2 is 2.00 bits per heavy atom. The van der Waals surface area contributed by atoms with Crippen LogP contribution in [0.3, 0.4) is 0 Å². The lowest BCUT2D eigenvalue weighted by Gasteiger charge is -2.28. The molecule has 1 fully saturated rings. The van der Waals surface area contributed by atoms with Gasteiger partial charge < -0.3 is 10.6 Å². The molecule has 1 aliphatic heterocycles. The third kappa shape index (κ3) is 5.33. The first-order valence-corrected chi connectivity index (χ1v) is 9.09. The number of benzene rings is 1. The van der Waals surface area contributed by atoms with E-state index in [-0.39, 0.29) is 11.3 Å². The van der Waals surface area contributed by atoms with Gasteiger partial charge in [-0.05, 0) is 49.4 Å². The van der Waals surface area contributed by atoms with Crippen molar-refractivity contribution in [2.75, 3.05) is 12.3 Å². The van der Waals surface area contributed by atoms with E-state index < -0.39 is 0 Å². The van der Waals surface area contributed by atoms with E-state index in [0.29, 0.717) is 17.8 Å². The Kier molecular flexibility index (Phi) is 5.93. The molecule has 122 valence electrons. The predicted octanol–water partition coefficient (Wildman–Crippen LogP) is 3.33. The topological polar surface area (TPSA) is 41.1 Å². The van der Waals surface area contributed by atoms with Crippen LogP contribution < -0.4 is 10.6 Å². The highest BCUT2D eigenvalue weighted by Gasteiger charge is 2.19. The Balaban J connectivity index is 1.78. The van der Waals surface area contributed by atoms with Gasteiger partial charge in [0, 0.05) is 17.0 Å². The molecule has 0 spiro atoms. The van der Waals surface area contributed by atoms with Crippen LogP contribution in [-0.2, 0) is 10.2 Å². The van der Waals surface area contributed by atoms with Crippen molar-refractivity contribution in [2.45, 2.75) is 62.9 Å². The maximum Gasteiger partial charge on any atom is 0.230 e. The summed E-state index contributed by atoms with van der Waals surface area (Å²) in [5.74, 6) is 0.636. The van der Waals surface area contributed by atoms with Crippen LogP contribution in [0.15, 0.2) is 29.2 Å². The number of piperidine rings is 1. The van der Waals surface area contributed by atoms with E-state index in [0.717, 1.165) is 24.3 Å². The van der Waals surface area contributed by atoms with Gasteiger partial charge in [-0.2, -0.15) is 0 Å². The first kappa shape index (κ1) is 17.4. The molecule has 2 rings (SSSR count). The van der Waals surface area contributed by atoms with E-state index >= 15 is 0 Å². The van der Waals surface area contributed by atoms with Crippen LogP contribution in [0.2, 0.25) is 0 Å². The van der Waals surface area contributed by atoms with Gasteiger partial charge >= 0.3 is 0 Å². The number of nitrogens with one attached hydrogen (secondary N) is 2. The molecule has 1 heterocycles. The summed E-state index contributed by atoms with van der Waals surface area (Å²) in [6.07, 6.45) is 2.05. The lowest BCUT2D eigenvalue weighted by Crippen LogP contribution is -2.47. The number of amides is 1. The molecule has 0 bridgehead atoms. The number of hydrogen-bond acceptors (Lipinski definition) is 3. The molecule has 0 aliphatic carbocycles. The Hall–Kier alpha value is -1.00. The summed E-state index contributed by atoms with van der Waals surface area (Å²) < 4.78 is 0. The highest BCUT2D eigenvalue weighted by atomic mass is 32.2. The summed E-state index contributed by atoms with van der Waals surface area (Å²) in [4.78, 5) is 13.2. The van der Waals surface area contributed by atoms with Crippen molar-refractivity contribution >= 4 is 17.7 Å². The van der Waals surface area contributed by atoms with Crippen molar-refractivity contribution in [3.63, 3.8) is 0 Å². The molecule has 1 amide bonds. The summed E-state index contributed by atoms with van der Waals surface area (Å²) in [7, 11) is 0. The summed E-state index contributed by atoms with van der Waals surface area (Å²) in [6, 6.07) is 9.38. The summed E-state index contributed by atoms with van der Waals surface area (Å²) in [6.45, 7) is 9.80. The maximum atomic E-state index is 12.1. The number of carbonyl (C=O) groups is 1. The number of hydrogen-bond donors (Lipinski definition) is 2. The minimum absolute atomic E-state index is 0.143. The van der Waals surface area contributed by atoms with E-state index in [4.69, 9.17) is 0 Å². The average Bonchev–Trinajstić information content (AvgIpc) is 2.45. The fraction of sp³-hybridized carbons (Fsp3) is 0.611. The summed E-state index contributed by atoms with van der Waals surface area (Å²) >= 11 is 1.61. The number of carbonyl (C=O) groups excluding carboxylic acids is 1. The molecule has 0 aromatic heterocycles. The number of rotatable bonds is 4. The van der Waals surface area contributed by atoms with Gasteiger partial charge in [0.15, 0.2) is 0 Å². The van der Waals surface area contributed by atoms with Crippen molar-refractivity contribution in [1.82, 2.24) is 10.6 Å². The SMILES string of the molecule is CC1CC(NC(=O)CSc2ccc(C(C)(C)C)cc2)CCN1. The Morgan fingerprint density at radius 3 is 2.59 bits per heavy atom. The van der Waals surface area contributed by atoms with Crippen LogP contribution in [-0.4, -0.2) is 30.3 Å². The van der Waals surface area contributed by atoms with Gasteiger partial charge in [-0.1, -0.05) is 32.9 Å². The van der Waals surface area contributed by atoms with Crippen LogP contribution in [0.1, 0.15) is 46.1 Å². The van der Waals surface area contributed by atoms with Crippen molar-refractivity contribution in [3.8, 4) is 0 Å².